The maximum atomic E-state index is 13.1. The number of amides is 4. The first kappa shape index (κ1) is 19.0. The zero-order chi connectivity index (χ0) is 21.4. The van der Waals surface area contributed by atoms with Crippen LogP contribution in [0.1, 0.15) is 23.1 Å². The Morgan fingerprint density at radius 1 is 1.10 bits per heavy atom. The van der Waals surface area contributed by atoms with E-state index in [0.717, 1.165) is 21.6 Å². The van der Waals surface area contributed by atoms with Gasteiger partial charge in [0.2, 0.25) is 11.9 Å². The number of aryl methyl sites for hydroxylation is 1. The molecule has 1 aliphatic carbocycles. The lowest BCUT2D eigenvalue weighted by molar-refractivity contribution is -0.134. The summed E-state index contributed by atoms with van der Waals surface area (Å²) in [5.74, 6) is -0.821. The number of rotatable bonds is 5. The van der Waals surface area contributed by atoms with E-state index in [9.17, 15) is 14.4 Å². The van der Waals surface area contributed by atoms with Crippen molar-refractivity contribution in [1.82, 2.24) is 25.0 Å². The Labute approximate surface area is 178 Å². The third-order valence-corrected chi connectivity index (χ3v) is 5.70. The first-order valence-electron chi connectivity index (χ1n) is 10.0. The number of benzene rings is 2. The summed E-state index contributed by atoms with van der Waals surface area (Å²) >= 11 is 0. The molecule has 2 aromatic carbocycles. The molecule has 1 saturated heterocycles. The lowest BCUT2D eigenvalue weighted by Gasteiger charge is -2.22. The highest BCUT2D eigenvalue weighted by Gasteiger charge is 2.55. The quantitative estimate of drug-likeness (QED) is 0.615. The molecule has 0 radical (unpaired) electrons. The molecule has 156 valence electrons. The summed E-state index contributed by atoms with van der Waals surface area (Å²) in [6, 6.07) is 16.7. The summed E-state index contributed by atoms with van der Waals surface area (Å²) in [5, 5.41) is 9.59. The molecule has 1 fully saturated rings. The zero-order valence-electron chi connectivity index (χ0n) is 16.6. The van der Waals surface area contributed by atoms with Gasteiger partial charge in [-0.05, 0) is 29.5 Å². The van der Waals surface area contributed by atoms with Crippen molar-refractivity contribution in [1.29, 1.82) is 0 Å². The predicted octanol–water partition coefficient (Wildman–Crippen LogP) is 1.66. The fourth-order valence-corrected chi connectivity index (χ4v) is 4.24. The average Bonchev–Trinajstić information content (AvgIpc) is 3.43. The van der Waals surface area contributed by atoms with Crippen molar-refractivity contribution in [2.75, 3.05) is 11.9 Å². The smallest absolute Gasteiger partial charge is 0.319 e. The van der Waals surface area contributed by atoms with E-state index in [0.29, 0.717) is 19.4 Å². The first-order chi connectivity index (χ1) is 15.0. The van der Waals surface area contributed by atoms with Gasteiger partial charge in [0.1, 0.15) is 18.4 Å². The summed E-state index contributed by atoms with van der Waals surface area (Å²) in [7, 11) is 0. The van der Waals surface area contributed by atoms with Gasteiger partial charge in [0.05, 0.1) is 6.54 Å². The molecule has 1 aromatic heterocycles. The molecule has 0 saturated carbocycles. The first-order valence-corrected chi connectivity index (χ1v) is 10.0. The second-order valence-electron chi connectivity index (χ2n) is 7.68. The summed E-state index contributed by atoms with van der Waals surface area (Å²) in [5.41, 5.74) is 1.81. The topological polar surface area (TPSA) is 109 Å². The number of nitrogens with zero attached hydrogens (tertiary/aromatic N) is 4. The van der Waals surface area contributed by atoms with Crippen LogP contribution >= 0.6 is 0 Å². The molecule has 1 unspecified atom stereocenters. The number of hydrogen-bond acceptors (Lipinski definition) is 5. The van der Waals surface area contributed by atoms with E-state index in [2.05, 4.69) is 20.7 Å². The van der Waals surface area contributed by atoms with Crippen LogP contribution in [0.15, 0.2) is 60.9 Å². The number of urea groups is 1. The highest BCUT2D eigenvalue weighted by molar-refractivity contribution is 6.10. The predicted molar refractivity (Wildman–Crippen MR) is 111 cm³/mol. The average molecular weight is 416 g/mol. The van der Waals surface area contributed by atoms with Crippen LogP contribution in [0.3, 0.4) is 0 Å². The molecular weight excluding hydrogens is 396 g/mol. The van der Waals surface area contributed by atoms with Crippen molar-refractivity contribution in [2.24, 2.45) is 0 Å². The van der Waals surface area contributed by atoms with Gasteiger partial charge in [-0.25, -0.2) is 14.5 Å². The Bertz CT molecular complexity index is 1170. The van der Waals surface area contributed by atoms with E-state index in [1.165, 1.54) is 6.33 Å². The van der Waals surface area contributed by atoms with Gasteiger partial charge in [0, 0.05) is 0 Å². The molecule has 2 aliphatic rings. The van der Waals surface area contributed by atoms with Gasteiger partial charge >= 0.3 is 6.03 Å². The van der Waals surface area contributed by atoms with E-state index in [4.69, 9.17) is 0 Å². The van der Waals surface area contributed by atoms with Gasteiger partial charge in [-0.3, -0.25) is 19.8 Å². The van der Waals surface area contributed by atoms with Crippen LogP contribution in [-0.4, -0.2) is 44.1 Å². The van der Waals surface area contributed by atoms with Crippen molar-refractivity contribution in [3.05, 3.63) is 77.6 Å². The second kappa shape index (κ2) is 7.35. The second-order valence-corrected chi connectivity index (χ2v) is 7.68. The maximum absolute atomic E-state index is 13.1. The Morgan fingerprint density at radius 2 is 1.87 bits per heavy atom. The highest BCUT2D eigenvalue weighted by atomic mass is 16.2. The Hall–Kier alpha value is -4.01. The van der Waals surface area contributed by atoms with Crippen molar-refractivity contribution in [2.45, 2.75) is 24.9 Å². The van der Waals surface area contributed by atoms with Crippen LogP contribution in [0, 0.1) is 0 Å². The number of aromatic nitrogens is 3. The summed E-state index contributed by atoms with van der Waals surface area (Å²) < 4.78 is 1.60. The maximum Gasteiger partial charge on any atom is 0.325 e. The monoisotopic (exact) mass is 416 g/mol. The number of carbonyl (C=O) groups excluding carboxylic acids is 3. The molecule has 0 bridgehead atoms. The fourth-order valence-electron chi connectivity index (χ4n) is 4.24. The van der Waals surface area contributed by atoms with Crippen LogP contribution in [0.25, 0.3) is 0 Å². The van der Waals surface area contributed by atoms with E-state index in [1.54, 1.807) is 4.68 Å². The van der Waals surface area contributed by atoms with Crippen molar-refractivity contribution in [3.63, 3.8) is 0 Å². The normalized spacial score (nSPS) is 19.5. The Kier molecular flexibility index (Phi) is 4.50. The highest BCUT2D eigenvalue weighted by Crippen LogP contribution is 2.41. The SMILES string of the molecule is O=C(CN1C(=O)NC2(CCc3ccccc32)C1=O)Nc1ncn(Cc2ccccc2)n1. The van der Waals surface area contributed by atoms with Gasteiger partial charge in [-0.1, -0.05) is 54.6 Å². The van der Waals surface area contributed by atoms with Crippen molar-refractivity contribution in [3.8, 4) is 0 Å². The molecule has 2 N–H and O–H groups in total. The third-order valence-electron chi connectivity index (χ3n) is 5.70. The molecule has 4 amide bonds. The molecule has 1 spiro atoms. The van der Waals surface area contributed by atoms with E-state index >= 15 is 0 Å². The lowest BCUT2D eigenvalue weighted by Crippen LogP contribution is -2.43. The van der Waals surface area contributed by atoms with Gasteiger partial charge in [-0.15, -0.1) is 5.10 Å². The fraction of sp³-hybridized carbons (Fsp3) is 0.227. The summed E-state index contributed by atoms with van der Waals surface area (Å²) in [4.78, 5) is 43.2. The molecule has 31 heavy (non-hydrogen) atoms. The van der Waals surface area contributed by atoms with Gasteiger partial charge in [-0.2, -0.15) is 0 Å². The summed E-state index contributed by atoms with van der Waals surface area (Å²) in [6.07, 6.45) is 2.70. The number of anilines is 1. The molecule has 9 nitrogen and oxygen atoms in total. The van der Waals surface area contributed by atoms with E-state index in [-0.39, 0.29) is 5.95 Å². The third kappa shape index (κ3) is 3.33. The van der Waals surface area contributed by atoms with E-state index in [1.807, 2.05) is 54.6 Å². The minimum Gasteiger partial charge on any atom is -0.319 e. The van der Waals surface area contributed by atoms with Crippen molar-refractivity contribution < 1.29 is 14.4 Å². The number of nitrogens with one attached hydrogen (secondary N) is 2. The van der Waals surface area contributed by atoms with Crippen LogP contribution in [0.4, 0.5) is 10.7 Å². The van der Waals surface area contributed by atoms with Gasteiger partial charge in [0.15, 0.2) is 0 Å². The number of hydrogen-bond donors (Lipinski definition) is 2. The van der Waals surface area contributed by atoms with E-state index < -0.39 is 29.9 Å². The minimum absolute atomic E-state index is 0.119. The zero-order valence-corrected chi connectivity index (χ0v) is 16.6. The molecule has 3 aromatic rings. The Balaban J connectivity index is 1.25. The van der Waals surface area contributed by atoms with Gasteiger partial charge < -0.3 is 5.32 Å². The summed E-state index contributed by atoms with van der Waals surface area (Å²) in [6.45, 7) is 0.112. The minimum atomic E-state index is -1.08. The number of fused-ring (bicyclic) bond motifs is 2. The standard InChI is InChI=1S/C22H20N6O3/c29-18(24-20-23-14-27(26-20)12-15-6-2-1-3-7-15)13-28-19(30)22(25-21(28)31)11-10-16-8-4-5-9-17(16)22/h1-9,14H,10-13H2,(H,25,31)(H,24,26,29). The lowest BCUT2D eigenvalue weighted by atomic mass is 9.92. The van der Waals surface area contributed by atoms with Crippen LogP contribution < -0.4 is 10.6 Å². The molecule has 1 aliphatic heterocycles. The molecule has 9 heteroatoms. The van der Waals surface area contributed by atoms with Crippen LogP contribution in [-0.2, 0) is 28.1 Å². The molecule has 1 atom stereocenters. The van der Waals surface area contributed by atoms with Crippen LogP contribution in [0.5, 0.6) is 0 Å². The van der Waals surface area contributed by atoms with Crippen LogP contribution in [0.2, 0.25) is 0 Å². The van der Waals surface area contributed by atoms with Crippen molar-refractivity contribution >= 4 is 23.8 Å². The molecule has 2 heterocycles. The number of carbonyl (C=O) groups is 3. The largest absolute Gasteiger partial charge is 0.325 e. The molecule has 5 rings (SSSR count). The Morgan fingerprint density at radius 3 is 2.71 bits per heavy atom. The van der Waals surface area contributed by atoms with Gasteiger partial charge in [0.25, 0.3) is 5.91 Å². The number of imide groups is 1. The molecular formula is C22H20N6O3.